The van der Waals surface area contributed by atoms with Crippen LogP contribution >= 0.6 is 0 Å². The lowest BCUT2D eigenvalue weighted by atomic mass is 10.1. The molecule has 23 heavy (non-hydrogen) atoms. The van der Waals surface area contributed by atoms with E-state index in [4.69, 9.17) is 0 Å². The molecule has 5 nitrogen and oxygen atoms in total. The van der Waals surface area contributed by atoms with E-state index >= 15 is 0 Å². The summed E-state index contributed by atoms with van der Waals surface area (Å²) >= 11 is 0. The van der Waals surface area contributed by atoms with Gasteiger partial charge < -0.3 is 4.90 Å². The van der Waals surface area contributed by atoms with Gasteiger partial charge in [0.1, 0.15) is 0 Å². The Balaban J connectivity index is 1.82. The second kappa shape index (κ2) is 6.36. The molecule has 0 saturated carbocycles. The molecule has 1 amide bonds. The third-order valence-electron chi connectivity index (χ3n) is 3.61. The van der Waals surface area contributed by atoms with Crippen molar-refractivity contribution in [3.8, 4) is 0 Å². The number of carbonyl (C=O) groups is 2. The summed E-state index contributed by atoms with van der Waals surface area (Å²) in [6.45, 7) is 0.341. The Morgan fingerprint density at radius 1 is 1.04 bits per heavy atom. The topological polar surface area (TPSA) is 63.2 Å². The van der Waals surface area contributed by atoms with Crippen molar-refractivity contribution in [2.75, 3.05) is 7.05 Å². The molecule has 0 aliphatic rings. The molecule has 1 aromatic carbocycles. The lowest BCUT2D eigenvalue weighted by Gasteiger charge is -2.17. The molecule has 0 atom stereocenters. The second-order valence-corrected chi connectivity index (χ2v) is 5.22. The van der Waals surface area contributed by atoms with Crippen LogP contribution in [-0.4, -0.2) is 33.6 Å². The minimum absolute atomic E-state index is 0.295. The average Bonchev–Trinajstić information content (AvgIpc) is 2.61. The Bertz CT molecular complexity index is 857. The summed E-state index contributed by atoms with van der Waals surface area (Å²) in [6, 6.07) is 12.8. The predicted octanol–water partition coefficient (Wildman–Crippen LogP) is 2.47. The van der Waals surface area contributed by atoms with E-state index in [-0.39, 0.29) is 0 Å². The van der Waals surface area contributed by atoms with Gasteiger partial charge in [0, 0.05) is 43.1 Å². The van der Waals surface area contributed by atoms with Crippen molar-refractivity contribution in [1.29, 1.82) is 0 Å². The first-order valence-corrected chi connectivity index (χ1v) is 7.19. The molecule has 3 aromatic rings. The van der Waals surface area contributed by atoms with E-state index in [9.17, 15) is 9.59 Å². The molecule has 114 valence electrons. The monoisotopic (exact) mass is 305 g/mol. The van der Waals surface area contributed by atoms with Gasteiger partial charge in [0.2, 0.25) is 0 Å². The highest BCUT2D eigenvalue weighted by Crippen LogP contribution is 2.18. The number of pyridine rings is 2. The van der Waals surface area contributed by atoms with E-state index in [0.717, 1.165) is 16.5 Å². The standard InChI is InChI=1S/C18H15N3O2/c1-21(18(23)17(22)13-6-3-9-19-11-13)12-14-5-2-8-16-15(14)7-4-10-20-16/h2-11H,12H2,1H3. The normalized spacial score (nSPS) is 10.5. The van der Waals surface area contributed by atoms with Crippen LogP contribution < -0.4 is 0 Å². The summed E-state index contributed by atoms with van der Waals surface area (Å²) in [7, 11) is 1.62. The van der Waals surface area contributed by atoms with E-state index in [1.165, 1.54) is 11.1 Å². The largest absolute Gasteiger partial charge is 0.335 e. The molecule has 3 rings (SSSR count). The summed E-state index contributed by atoms with van der Waals surface area (Å²) in [4.78, 5) is 34.1. The Kier molecular flexibility index (Phi) is 4.10. The zero-order valence-electron chi connectivity index (χ0n) is 12.6. The number of carbonyl (C=O) groups excluding carboxylic acids is 2. The first-order valence-electron chi connectivity index (χ1n) is 7.19. The van der Waals surface area contributed by atoms with Crippen LogP contribution in [0.15, 0.2) is 61.1 Å². The number of benzene rings is 1. The summed E-state index contributed by atoms with van der Waals surface area (Å²) in [5.74, 6) is -1.11. The van der Waals surface area contributed by atoms with Crippen molar-refractivity contribution < 1.29 is 9.59 Å². The lowest BCUT2D eigenvalue weighted by molar-refractivity contribution is -0.125. The molecule has 0 unspecified atom stereocenters. The fraction of sp³-hybridized carbons (Fsp3) is 0.111. The number of hydrogen-bond donors (Lipinski definition) is 0. The molecule has 2 aromatic heterocycles. The van der Waals surface area contributed by atoms with Crippen LogP contribution in [0.2, 0.25) is 0 Å². The molecule has 5 heteroatoms. The molecule has 0 aliphatic heterocycles. The van der Waals surface area contributed by atoms with Crippen molar-refractivity contribution in [1.82, 2.24) is 14.9 Å². The van der Waals surface area contributed by atoms with Gasteiger partial charge in [0.15, 0.2) is 0 Å². The Labute approximate surface area is 133 Å². The van der Waals surface area contributed by atoms with Crippen LogP contribution in [0.1, 0.15) is 15.9 Å². The van der Waals surface area contributed by atoms with Gasteiger partial charge in [0.25, 0.3) is 11.7 Å². The van der Waals surface area contributed by atoms with Gasteiger partial charge in [-0.15, -0.1) is 0 Å². The highest BCUT2D eigenvalue weighted by molar-refractivity contribution is 6.42. The predicted molar refractivity (Wildman–Crippen MR) is 86.8 cm³/mol. The number of rotatable bonds is 4. The smallest absolute Gasteiger partial charge is 0.295 e. The highest BCUT2D eigenvalue weighted by Gasteiger charge is 2.21. The number of ketones is 1. The Hall–Kier alpha value is -3.08. The molecule has 0 spiro atoms. The van der Waals surface area contributed by atoms with Gasteiger partial charge in [-0.25, -0.2) is 0 Å². The number of aromatic nitrogens is 2. The van der Waals surface area contributed by atoms with Crippen LogP contribution in [0, 0.1) is 0 Å². The summed E-state index contributed by atoms with van der Waals surface area (Å²) in [6.07, 6.45) is 4.69. The van der Waals surface area contributed by atoms with Gasteiger partial charge in [-0.05, 0) is 29.8 Å². The Morgan fingerprint density at radius 2 is 1.87 bits per heavy atom. The Morgan fingerprint density at radius 3 is 2.65 bits per heavy atom. The molecular formula is C18H15N3O2. The fourth-order valence-corrected chi connectivity index (χ4v) is 2.43. The quantitative estimate of drug-likeness (QED) is 0.549. The lowest BCUT2D eigenvalue weighted by Crippen LogP contribution is -2.33. The maximum Gasteiger partial charge on any atom is 0.295 e. The van der Waals surface area contributed by atoms with Crippen molar-refractivity contribution in [3.63, 3.8) is 0 Å². The molecule has 0 aliphatic carbocycles. The number of Topliss-reactive ketones (excluding diaryl/α,β-unsaturated/α-hetero) is 1. The summed E-state index contributed by atoms with van der Waals surface area (Å²) < 4.78 is 0. The van der Waals surface area contributed by atoms with Gasteiger partial charge in [0.05, 0.1) is 5.52 Å². The molecule has 0 saturated heterocycles. The minimum atomic E-state index is -0.557. The number of nitrogens with zero attached hydrogens (tertiary/aromatic N) is 3. The number of hydrogen-bond acceptors (Lipinski definition) is 4. The van der Waals surface area contributed by atoms with E-state index in [0.29, 0.717) is 12.1 Å². The maximum absolute atomic E-state index is 12.3. The highest BCUT2D eigenvalue weighted by atomic mass is 16.2. The molecule has 0 N–H and O–H groups in total. The molecule has 0 radical (unpaired) electrons. The first kappa shape index (κ1) is 14.8. The van der Waals surface area contributed by atoms with Crippen LogP contribution in [0.5, 0.6) is 0 Å². The van der Waals surface area contributed by atoms with Crippen LogP contribution in [0.4, 0.5) is 0 Å². The van der Waals surface area contributed by atoms with Gasteiger partial charge in [-0.1, -0.05) is 18.2 Å². The summed E-state index contributed by atoms with van der Waals surface area (Å²) in [5.41, 5.74) is 2.11. The molecular weight excluding hydrogens is 290 g/mol. The number of amides is 1. The number of likely N-dealkylation sites (N-methyl/N-ethyl adjacent to an activating group) is 1. The van der Waals surface area contributed by atoms with Crippen molar-refractivity contribution in [2.24, 2.45) is 0 Å². The maximum atomic E-state index is 12.3. The first-order chi connectivity index (χ1) is 11.2. The van der Waals surface area contributed by atoms with E-state index in [2.05, 4.69) is 9.97 Å². The van der Waals surface area contributed by atoms with E-state index < -0.39 is 11.7 Å². The van der Waals surface area contributed by atoms with Crippen LogP contribution in [-0.2, 0) is 11.3 Å². The van der Waals surface area contributed by atoms with Crippen molar-refractivity contribution in [2.45, 2.75) is 6.54 Å². The van der Waals surface area contributed by atoms with Crippen LogP contribution in [0.3, 0.4) is 0 Å². The number of fused-ring (bicyclic) bond motifs is 1. The van der Waals surface area contributed by atoms with Crippen molar-refractivity contribution in [3.05, 3.63) is 72.2 Å². The van der Waals surface area contributed by atoms with Gasteiger partial charge in [-0.3, -0.25) is 19.6 Å². The minimum Gasteiger partial charge on any atom is -0.335 e. The average molecular weight is 305 g/mol. The fourth-order valence-electron chi connectivity index (χ4n) is 2.43. The van der Waals surface area contributed by atoms with Gasteiger partial charge >= 0.3 is 0 Å². The van der Waals surface area contributed by atoms with Gasteiger partial charge in [-0.2, -0.15) is 0 Å². The van der Waals surface area contributed by atoms with Crippen molar-refractivity contribution >= 4 is 22.6 Å². The third kappa shape index (κ3) is 3.08. The van der Waals surface area contributed by atoms with Crippen LogP contribution in [0.25, 0.3) is 10.9 Å². The summed E-state index contributed by atoms with van der Waals surface area (Å²) in [5, 5.41) is 0.975. The zero-order valence-corrected chi connectivity index (χ0v) is 12.6. The van der Waals surface area contributed by atoms with E-state index in [1.54, 1.807) is 31.6 Å². The molecule has 0 fully saturated rings. The SMILES string of the molecule is CN(Cc1cccc2ncccc12)C(=O)C(=O)c1cccnc1. The molecule has 2 heterocycles. The zero-order chi connectivity index (χ0) is 16.2. The van der Waals surface area contributed by atoms with E-state index in [1.807, 2.05) is 30.3 Å². The molecule has 0 bridgehead atoms. The third-order valence-corrected chi connectivity index (χ3v) is 3.61. The second-order valence-electron chi connectivity index (χ2n) is 5.22.